The normalized spacial score (nSPS) is 25.8. The molecule has 7 heteroatoms. The Morgan fingerprint density at radius 1 is 1.09 bits per heavy atom. The molecule has 32 heavy (non-hydrogen) atoms. The number of likely N-dealkylation sites (tertiary alicyclic amines) is 1. The molecule has 0 N–H and O–H groups in total. The van der Waals surface area contributed by atoms with Crippen molar-refractivity contribution in [3.8, 4) is 5.88 Å². The van der Waals surface area contributed by atoms with Gasteiger partial charge in [-0.15, -0.1) is 0 Å². The summed E-state index contributed by atoms with van der Waals surface area (Å²) in [5.41, 5.74) is 3.67. The fourth-order valence-electron chi connectivity index (χ4n) is 5.74. The lowest BCUT2D eigenvalue weighted by Gasteiger charge is -2.39. The molecule has 4 heterocycles. The number of aromatic nitrogens is 4. The first-order valence-electron chi connectivity index (χ1n) is 11.3. The first kappa shape index (κ1) is 19.9. The number of hydrogen-bond donors (Lipinski definition) is 0. The molecule has 1 saturated heterocycles. The highest BCUT2D eigenvalue weighted by Crippen LogP contribution is 2.44. The second-order valence-corrected chi connectivity index (χ2v) is 9.88. The van der Waals surface area contributed by atoms with E-state index in [1.54, 1.807) is 29.9 Å². The Bertz CT molecular complexity index is 1190. The highest BCUT2D eigenvalue weighted by atomic mass is 32.1. The lowest BCUT2D eigenvalue weighted by atomic mass is 9.77. The minimum Gasteiger partial charge on any atom is -0.471 e. The molecule has 3 aromatic heterocycles. The standard InChI is InChI=1S/C25H27N5OS/c1-17-28-21-4-2-3-5-22(21)30(17)23-10-19-14-29(13-18-6-9-32-16-18)15-20(19)11-24(23)31-25-12-26-7-8-27-25/h2-9,12,16,19-20,23-24H,10-11,13-15H2,1H3/t19-,20+,23-,24-/m0/s1. The smallest absolute Gasteiger partial charge is 0.232 e. The van der Waals surface area contributed by atoms with E-state index in [2.05, 4.69) is 67.5 Å². The minimum atomic E-state index is 0.0466. The maximum Gasteiger partial charge on any atom is 0.232 e. The fraction of sp³-hybridized carbons (Fsp3) is 0.400. The molecular weight excluding hydrogens is 418 g/mol. The highest BCUT2D eigenvalue weighted by Gasteiger charge is 2.44. The summed E-state index contributed by atoms with van der Waals surface area (Å²) in [6.07, 6.45) is 7.28. The van der Waals surface area contributed by atoms with Gasteiger partial charge in [-0.2, -0.15) is 11.3 Å². The second kappa shape index (κ2) is 8.30. The summed E-state index contributed by atoms with van der Waals surface area (Å²) in [6, 6.07) is 10.9. The van der Waals surface area contributed by atoms with Crippen molar-refractivity contribution in [1.29, 1.82) is 0 Å². The average Bonchev–Trinajstić information content (AvgIpc) is 3.52. The van der Waals surface area contributed by atoms with Gasteiger partial charge < -0.3 is 9.30 Å². The average molecular weight is 446 g/mol. The number of fused-ring (bicyclic) bond motifs is 2. The number of hydrogen-bond acceptors (Lipinski definition) is 6. The molecule has 1 aliphatic heterocycles. The maximum atomic E-state index is 6.51. The zero-order valence-corrected chi connectivity index (χ0v) is 19.0. The summed E-state index contributed by atoms with van der Waals surface area (Å²) >= 11 is 1.78. The Hall–Kier alpha value is -2.77. The van der Waals surface area contributed by atoms with E-state index < -0.39 is 0 Å². The lowest BCUT2D eigenvalue weighted by Crippen LogP contribution is -2.40. The molecule has 0 bridgehead atoms. The van der Waals surface area contributed by atoms with Crippen LogP contribution in [-0.2, 0) is 6.54 Å². The van der Waals surface area contributed by atoms with Crippen LogP contribution in [0.5, 0.6) is 5.88 Å². The summed E-state index contributed by atoms with van der Waals surface area (Å²) in [6.45, 7) is 5.45. The summed E-state index contributed by atoms with van der Waals surface area (Å²) in [7, 11) is 0. The molecule has 4 atom stereocenters. The van der Waals surface area contributed by atoms with Gasteiger partial charge in [0.15, 0.2) is 0 Å². The second-order valence-electron chi connectivity index (χ2n) is 9.10. The Balaban J connectivity index is 1.32. The monoisotopic (exact) mass is 445 g/mol. The molecular formula is C25H27N5OS. The van der Waals surface area contributed by atoms with Crippen molar-refractivity contribution in [2.45, 2.75) is 38.5 Å². The van der Waals surface area contributed by atoms with Crippen molar-refractivity contribution in [3.63, 3.8) is 0 Å². The molecule has 164 valence electrons. The molecule has 1 aliphatic carbocycles. The van der Waals surface area contributed by atoms with Gasteiger partial charge in [-0.3, -0.25) is 9.88 Å². The van der Waals surface area contributed by atoms with Crippen LogP contribution in [-0.4, -0.2) is 43.6 Å². The van der Waals surface area contributed by atoms with Gasteiger partial charge in [-0.05, 0) is 66.1 Å². The van der Waals surface area contributed by atoms with Crippen LogP contribution in [0, 0.1) is 18.8 Å². The van der Waals surface area contributed by atoms with Crippen LogP contribution < -0.4 is 4.74 Å². The fourth-order valence-corrected chi connectivity index (χ4v) is 6.40. The van der Waals surface area contributed by atoms with Crippen LogP contribution >= 0.6 is 11.3 Å². The number of thiophene rings is 1. The topological polar surface area (TPSA) is 56.1 Å². The van der Waals surface area contributed by atoms with Crippen LogP contribution in [0.1, 0.15) is 30.3 Å². The van der Waals surface area contributed by atoms with Gasteiger partial charge >= 0.3 is 0 Å². The molecule has 0 spiro atoms. The van der Waals surface area contributed by atoms with Gasteiger partial charge in [0, 0.05) is 32.0 Å². The van der Waals surface area contributed by atoms with Crippen molar-refractivity contribution >= 4 is 22.4 Å². The van der Waals surface area contributed by atoms with Gasteiger partial charge in [-0.1, -0.05) is 12.1 Å². The van der Waals surface area contributed by atoms with Crippen molar-refractivity contribution in [2.75, 3.05) is 13.1 Å². The molecule has 1 saturated carbocycles. The Morgan fingerprint density at radius 2 is 1.97 bits per heavy atom. The number of ether oxygens (including phenoxy) is 1. The van der Waals surface area contributed by atoms with E-state index in [4.69, 9.17) is 9.72 Å². The summed E-state index contributed by atoms with van der Waals surface area (Å²) in [4.78, 5) is 16.1. The van der Waals surface area contributed by atoms with Crippen molar-refractivity contribution < 1.29 is 4.74 Å². The first-order chi connectivity index (χ1) is 15.7. The van der Waals surface area contributed by atoms with E-state index in [0.29, 0.717) is 17.7 Å². The SMILES string of the molecule is Cc1nc2ccccc2n1[C@H]1C[C@H]2CN(Cc3ccsc3)C[C@H]2C[C@@H]1Oc1cnccn1. The van der Waals surface area contributed by atoms with E-state index in [0.717, 1.165) is 43.8 Å². The molecule has 0 unspecified atom stereocenters. The molecule has 0 radical (unpaired) electrons. The summed E-state index contributed by atoms with van der Waals surface area (Å²) in [5, 5.41) is 4.44. The lowest BCUT2D eigenvalue weighted by molar-refractivity contribution is 0.0519. The number of aryl methyl sites for hydroxylation is 1. The minimum absolute atomic E-state index is 0.0466. The number of benzene rings is 1. The summed E-state index contributed by atoms with van der Waals surface area (Å²) in [5.74, 6) is 2.97. The summed E-state index contributed by atoms with van der Waals surface area (Å²) < 4.78 is 8.92. The Labute approximate surface area is 191 Å². The zero-order chi connectivity index (χ0) is 21.5. The largest absolute Gasteiger partial charge is 0.471 e. The Morgan fingerprint density at radius 3 is 2.78 bits per heavy atom. The molecule has 0 amide bonds. The quantitative estimate of drug-likeness (QED) is 0.445. The van der Waals surface area contributed by atoms with Crippen LogP contribution in [0.25, 0.3) is 11.0 Å². The van der Waals surface area contributed by atoms with Crippen molar-refractivity contribution in [2.24, 2.45) is 11.8 Å². The van der Waals surface area contributed by atoms with E-state index in [1.165, 1.54) is 11.1 Å². The Kier molecular flexibility index (Phi) is 5.15. The molecule has 2 aliphatic rings. The zero-order valence-electron chi connectivity index (χ0n) is 18.2. The van der Waals surface area contributed by atoms with Crippen LogP contribution in [0.15, 0.2) is 59.7 Å². The first-order valence-corrected chi connectivity index (χ1v) is 12.3. The highest BCUT2D eigenvalue weighted by molar-refractivity contribution is 7.07. The van der Waals surface area contributed by atoms with E-state index >= 15 is 0 Å². The third-order valence-electron chi connectivity index (χ3n) is 7.06. The molecule has 1 aromatic carbocycles. The van der Waals surface area contributed by atoms with Crippen molar-refractivity contribution in [3.05, 3.63) is 71.1 Å². The maximum absolute atomic E-state index is 6.51. The van der Waals surface area contributed by atoms with Gasteiger partial charge in [0.2, 0.25) is 5.88 Å². The van der Waals surface area contributed by atoms with Gasteiger partial charge in [0.25, 0.3) is 0 Å². The molecule has 6 nitrogen and oxygen atoms in total. The molecule has 2 fully saturated rings. The van der Waals surface area contributed by atoms with Crippen LogP contribution in [0.4, 0.5) is 0 Å². The molecule has 6 rings (SSSR count). The van der Waals surface area contributed by atoms with Gasteiger partial charge in [0.05, 0.1) is 23.3 Å². The number of imidazole rings is 1. The third kappa shape index (κ3) is 3.69. The van der Waals surface area contributed by atoms with Gasteiger partial charge in [-0.25, -0.2) is 9.97 Å². The van der Waals surface area contributed by atoms with Crippen molar-refractivity contribution in [1.82, 2.24) is 24.4 Å². The van der Waals surface area contributed by atoms with E-state index in [9.17, 15) is 0 Å². The van der Waals surface area contributed by atoms with Gasteiger partial charge in [0.1, 0.15) is 11.9 Å². The number of rotatable bonds is 5. The molecule has 4 aromatic rings. The number of nitrogens with zero attached hydrogens (tertiary/aromatic N) is 5. The predicted molar refractivity (Wildman–Crippen MR) is 126 cm³/mol. The predicted octanol–water partition coefficient (Wildman–Crippen LogP) is 4.73. The third-order valence-corrected chi connectivity index (χ3v) is 7.79. The van der Waals surface area contributed by atoms with Crippen LogP contribution in [0.3, 0.4) is 0 Å². The number of para-hydroxylation sites is 2. The van der Waals surface area contributed by atoms with E-state index in [-0.39, 0.29) is 12.1 Å². The van der Waals surface area contributed by atoms with Crippen LogP contribution in [0.2, 0.25) is 0 Å². The van der Waals surface area contributed by atoms with E-state index in [1.807, 2.05) is 0 Å².